The lowest BCUT2D eigenvalue weighted by Gasteiger charge is -2.30. The van der Waals surface area contributed by atoms with Crippen molar-refractivity contribution in [3.63, 3.8) is 0 Å². The summed E-state index contributed by atoms with van der Waals surface area (Å²) in [4.78, 5) is 19.4. The molecule has 0 aliphatic carbocycles. The van der Waals surface area contributed by atoms with Gasteiger partial charge in [0.2, 0.25) is 5.78 Å². The van der Waals surface area contributed by atoms with Gasteiger partial charge in [0, 0.05) is 25.5 Å². The lowest BCUT2D eigenvalue weighted by Crippen LogP contribution is -2.34. The third-order valence-electron chi connectivity index (χ3n) is 6.16. The molecule has 0 bridgehead atoms. The third-order valence-corrected chi connectivity index (χ3v) is 6.16. The number of aromatic nitrogens is 1. The first-order chi connectivity index (χ1) is 16.6. The number of allylic oxidation sites excluding steroid dienone is 1. The number of benzene rings is 2. The van der Waals surface area contributed by atoms with Crippen molar-refractivity contribution in [1.29, 1.82) is 0 Å². The topological polar surface area (TPSA) is 70.1 Å². The van der Waals surface area contributed by atoms with E-state index in [0.717, 1.165) is 41.0 Å². The van der Waals surface area contributed by atoms with Gasteiger partial charge in [0.15, 0.2) is 17.3 Å². The lowest BCUT2D eigenvalue weighted by molar-refractivity contribution is 0.0949. The SMILES string of the molecule is COc1ccc(CCN2COc3cc(C)c4c(c3C2)O/C(=C/c2ccncc2)C4=O)cc1OC. The average Bonchev–Trinajstić information content (AvgIpc) is 3.20. The van der Waals surface area contributed by atoms with Gasteiger partial charge in [-0.2, -0.15) is 0 Å². The van der Waals surface area contributed by atoms with Crippen LogP contribution in [0.4, 0.5) is 0 Å². The molecule has 0 amide bonds. The molecule has 0 unspecified atom stereocenters. The second-order valence-electron chi connectivity index (χ2n) is 8.36. The molecule has 2 aliphatic heterocycles. The van der Waals surface area contributed by atoms with E-state index < -0.39 is 0 Å². The van der Waals surface area contributed by atoms with E-state index in [0.29, 0.717) is 41.8 Å². The highest BCUT2D eigenvalue weighted by atomic mass is 16.5. The van der Waals surface area contributed by atoms with Crippen molar-refractivity contribution >= 4 is 11.9 Å². The molecular weight excluding hydrogens is 432 g/mol. The summed E-state index contributed by atoms with van der Waals surface area (Å²) in [5.74, 6) is 3.03. The van der Waals surface area contributed by atoms with Crippen molar-refractivity contribution in [3.8, 4) is 23.0 Å². The molecule has 0 atom stereocenters. The molecule has 5 rings (SSSR count). The summed E-state index contributed by atoms with van der Waals surface area (Å²) >= 11 is 0. The number of hydrogen-bond donors (Lipinski definition) is 0. The number of fused-ring (bicyclic) bond motifs is 3. The van der Waals surface area contributed by atoms with Crippen LogP contribution in [0.25, 0.3) is 6.08 Å². The molecule has 7 nitrogen and oxygen atoms in total. The summed E-state index contributed by atoms with van der Waals surface area (Å²) in [6.45, 7) is 3.82. The highest BCUT2D eigenvalue weighted by Gasteiger charge is 2.35. The Morgan fingerprint density at radius 2 is 1.88 bits per heavy atom. The maximum Gasteiger partial charge on any atom is 0.232 e. The molecule has 0 saturated carbocycles. The van der Waals surface area contributed by atoms with Gasteiger partial charge in [-0.15, -0.1) is 0 Å². The lowest BCUT2D eigenvalue weighted by atomic mass is 9.98. The fourth-order valence-corrected chi connectivity index (χ4v) is 4.35. The average molecular weight is 459 g/mol. The van der Waals surface area contributed by atoms with E-state index in [2.05, 4.69) is 9.88 Å². The summed E-state index contributed by atoms with van der Waals surface area (Å²) in [5, 5.41) is 0. The molecule has 34 heavy (non-hydrogen) atoms. The van der Waals surface area contributed by atoms with Crippen molar-refractivity contribution in [3.05, 3.63) is 82.4 Å². The van der Waals surface area contributed by atoms with Crippen molar-refractivity contribution in [1.82, 2.24) is 9.88 Å². The Balaban J connectivity index is 1.36. The van der Waals surface area contributed by atoms with Crippen LogP contribution in [0, 0.1) is 6.92 Å². The minimum absolute atomic E-state index is 0.102. The van der Waals surface area contributed by atoms with E-state index in [9.17, 15) is 4.79 Å². The number of carbonyl (C=O) groups excluding carboxylic acids is 1. The molecule has 0 saturated heterocycles. The maximum atomic E-state index is 13.1. The molecule has 0 radical (unpaired) electrons. The number of carbonyl (C=O) groups is 1. The number of aryl methyl sites for hydroxylation is 1. The zero-order valence-electron chi connectivity index (χ0n) is 19.5. The minimum Gasteiger partial charge on any atom is -0.493 e. The van der Waals surface area contributed by atoms with Gasteiger partial charge in [-0.05, 0) is 66.4 Å². The number of Topliss-reactive ketones (excluding diaryl/α,β-unsaturated/α-hetero) is 1. The largest absolute Gasteiger partial charge is 0.493 e. The van der Waals surface area contributed by atoms with E-state index in [1.807, 2.05) is 43.3 Å². The van der Waals surface area contributed by atoms with Crippen molar-refractivity contribution in [2.75, 3.05) is 27.5 Å². The zero-order chi connectivity index (χ0) is 23.7. The van der Waals surface area contributed by atoms with Crippen LogP contribution >= 0.6 is 0 Å². The van der Waals surface area contributed by atoms with Crippen molar-refractivity contribution in [2.24, 2.45) is 0 Å². The monoisotopic (exact) mass is 458 g/mol. The van der Waals surface area contributed by atoms with Crippen LogP contribution in [-0.4, -0.2) is 43.2 Å². The smallest absolute Gasteiger partial charge is 0.232 e. The van der Waals surface area contributed by atoms with Crippen molar-refractivity contribution in [2.45, 2.75) is 19.9 Å². The second-order valence-corrected chi connectivity index (χ2v) is 8.36. The van der Waals surface area contributed by atoms with Crippen LogP contribution in [0.2, 0.25) is 0 Å². The third kappa shape index (κ3) is 4.10. The zero-order valence-corrected chi connectivity index (χ0v) is 19.5. The molecule has 2 aromatic carbocycles. The minimum atomic E-state index is -0.102. The molecule has 1 aromatic heterocycles. The van der Waals surface area contributed by atoms with E-state index in [4.69, 9.17) is 18.9 Å². The molecule has 3 heterocycles. The van der Waals surface area contributed by atoms with Crippen LogP contribution in [0.15, 0.2) is 54.6 Å². The Labute approximate surface area is 198 Å². The first kappa shape index (κ1) is 22.0. The number of rotatable bonds is 6. The van der Waals surface area contributed by atoms with E-state index >= 15 is 0 Å². The second kappa shape index (κ2) is 9.19. The predicted molar refractivity (Wildman–Crippen MR) is 128 cm³/mol. The molecule has 7 heteroatoms. The van der Waals surface area contributed by atoms with Gasteiger partial charge in [0.25, 0.3) is 0 Å². The fraction of sp³-hybridized carbons (Fsp3) is 0.259. The summed E-state index contributed by atoms with van der Waals surface area (Å²) in [7, 11) is 3.27. The molecule has 0 N–H and O–H groups in total. The van der Waals surface area contributed by atoms with Gasteiger partial charge in [-0.1, -0.05) is 6.07 Å². The molecular formula is C27H26N2O5. The highest BCUT2D eigenvalue weighted by molar-refractivity contribution is 6.15. The van der Waals surface area contributed by atoms with Gasteiger partial charge in [-0.25, -0.2) is 0 Å². The van der Waals surface area contributed by atoms with Crippen molar-refractivity contribution < 1.29 is 23.7 Å². The number of nitrogens with zero attached hydrogens (tertiary/aromatic N) is 2. The van der Waals surface area contributed by atoms with Crippen LogP contribution < -0.4 is 18.9 Å². The summed E-state index contributed by atoms with van der Waals surface area (Å²) in [6.07, 6.45) is 5.96. The Bertz CT molecular complexity index is 1270. The number of ketones is 1. The molecule has 174 valence electrons. The molecule has 0 spiro atoms. The van der Waals surface area contributed by atoms with Crippen LogP contribution in [-0.2, 0) is 13.0 Å². The highest BCUT2D eigenvalue weighted by Crippen LogP contribution is 2.44. The number of pyridine rings is 1. The standard InChI is InChI=1S/C27H26N2O5/c1-17-12-22-20(27-25(17)26(30)24(34-27)14-19-6-9-28-10-7-19)15-29(16-33-22)11-8-18-4-5-21(31-2)23(13-18)32-3/h4-7,9-10,12-14H,8,11,15-16H2,1-3H3/b24-14+. The first-order valence-electron chi connectivity index (χ1n) is 11.1. The molecule has 0 fully saturated rings. The Kier molecular flexibility index (Phi) is 5.94. The number of ether oxygens (including phenoxy) is 4. The van der Waals surface area contributed by atoms with Crippen LogP contribution in [0.3, 0.4) is 0 Å². The Morgan fingerprint density at radius 1 is 1.09 bits per heavy atom. The first-order valence-corrected chi connectivity index (χ1v) is 11.1. The van der Waals surface area contributed by atoms with Gasteiger partial charge < -0.3 is 18.9 Å². The fourth-order valence-electron chi connectivity index (χ4n) is 4.35. The number of methoxy groups -OCH3 is 2. The normalized spacial score (nSPS) is 16.0. The maximum absolute atomic E-state index is 13.1. The summed E-state index contributed by atoms with van der Waals surface area (Å²) in [5.41, 5.74) is 4.39. The van der Waals surface area contributed by atoms with E-state index in [-0.39, 0.29) is 5.78 Å². The quantitative estimate of drug-likeness (QED) is 0.507. The Hall–Kier alpha value is -3.84. The summed E-state index contributed by atoms with van der Waals surface area (Å²) in [6, 6.07) is 11.6. The van der Waals surface area contributed by atoms with Gasteiger partial charge >= 0.3 is 0 Å². The summed E-state index contributed by atoms with van der Waals surface area (Å²) < 4.78 is 22.9. The van der Waals surface area contributed by atoms with E-state index in [1.165, 1.54) is 0 Å². The van der Waals surface area contributed by atoms with E-state index in [1.54, 1.807) is 32.7 Å². The van der Waals surface area contributed by atoms with Gasteiger partial charge in [-0.3, -0.25) is 14.7 Å². The number of hydrogen-bond acceptors (Lipinski definition) is 7. The van der Waals surface area contributed by atoms with Gasteiger partial charge in [0.1, 0.15) is 18.2 Å². The predicted octanol–water partition coefficient (Wildman–Crippen LogP) is 4.42. The van der Waals surface area contributed by atoms with Gasteiger partial charge in [0.05, 0.1) is 25.3 Å². The van der Waals surface area contributed by atoms with Crippen LogP contribution in [0.1, 0.15) is 32.6 Å². The Morgan fingerprint density at radius 3 is 2.65 bits per heavy atom. The molecule has 3 aromatic rings. The van der Waals surface area contributed by atoms with Crippen LogP contribution in [0.5, 0.6) is 23.0 Å². The molecule has 2 aliphatic rings.